The van der Waals surface area contributed by atoms with Crippen molar-refractivity contribution >= 4 is 34.1 Å². The van der Waals surface area contributed by atoms with E-state index in [1.165, 1.54) is 13.3 Å². The average molecular weight is 527 g/mol. The number of pyridine rings is 1. The predicted molar refractivity (Wildman–Crippen MR) is 154 cm³/mol. The largest absolute Gasteiger partial charge is 0.494 e. The van der Waals surface area contributed by atoms with Gasteiger partial charge in [0.1, 0.15) is 5.52 Å². The van der Waals surface area contributed by atoms with Gasteiger partial charge in [-0.3, -0.25) is 9.88 Å². The fourth-order valence-corrected chi connectivity index (χ4v) is 4.78. The Bertz CT molecular complexity index is 1460. The minimum atomic E-state index is -0.495. The second-order valence-corrected chi connectivity index (χ2v) is 9.87. The van der Waals surface area contributed by atoms with Crippen molar-refractivity contribution in [3.8, 4) is 5.88 Å². The van der Waals surface area contributed by atoms with Crippen LogP contribution in [-0.4, -0.2) is 97.0 Å². The van der Waals surface area contributed by atoms with Crippen molar-refractivity contribution in [2.45, 2.75) is 0 Å². The number of aromatic nitrogens is 2. The van der Waals surface area contributed by atoms with Crippen LogP contribution in [0.4, 0.5) is 11.4 Å². The minimum absolute atomic E-state index is 0.0672. The van der Waals surface area contributed by atoms with Crippen molar-refractivity contribution in [2.24, 2.45) is 4.99 Å². The summed E-state index contributed by atoms with van der Waals surface area (Å²) in [5, 5.41) is 10.9. The smallest absolute Gasteiger partial charge is 0.339 e. The van der Waals surface area contributed by atoms with Gasteiger partial charge in [-0.25, -0.2) is 9.79 Å². The number of H-pyrrole nitrogens is 1. The Balaban J connectivity index is 1.42. The number of esters is 1. The fourth-order valence-electron chi connectivity index (χ4n) is 4.78. The number of likely N-dealkylation sites (N-methyl/N-ethyl adjacent to an activating group) is 2. The van der Waals surface area contributed by atoms with Crippen molar-refractivity contribution in [2.75, 3.05) is 65.4 Å². The van der Waals surface area contributed by atoms with E-state index in [2.05, 4.69) is 50.9 Å². The number of piperazine rings is 1. The molecule has 2 aromatic carbocycles. The third-order valence-corrected chi connectivity index (χ3v) is 7.20. The number of hydrogen-bond acceptors (Lipinski definition) is 8. The number of aromatic hydroxyl groups is 1. The molecule has 1 fully saturated rings. The Morgan fingerprint density at radius 2 is 1.79 bits per heavy atom. The minimum Gasteiger partial charge on any atom is -0.494 e. The number of carbonyl (C=O) groups is 1. The Morgan fingerprint density at radius 3 is 2.49 bits per heavy atom. The number of nitrogens with zero attached hydrogens (tertiary/aromatic N) is 5. The molecule has 1 aliphatic rings. The number of carbonyl (C=O) groups excluding carboxylic acids is 1. The normalized spacial score (nSPS) is 15.0. The third-order valence-electron chi connectivity index (χ3n) is 7.20. The van der Waals surface area contributed by atoms with Crippen LogP contribution in [0.5, 0.6) is 5.88 Å². The summed E-state index contributed by atoms with van der Waals surface area (Å²) in [6.07, 6.45) is 1.44. The van der Waals surface area contributed by atoms with Gasteiger partial charge in [-0.05, 0) is 37.4 Å². The Kier molecular flexibility index (Phi) is 7.90. The van der Waals surface area contributed by atoms with Gasteiger partial charge in [-0.2, -0.15) is 0 Å². The summed E-state index contributed by atoms with van der Waals surface area (Å²) in [5.74, 6) is -0.562. The van der Waals surface area contributed by atoms with E-state index in [0.717, 1.165) is 56.2 Å². The van der Waals surface area contributed by atoms with Gasteiger partial charge in [-0.1, -0.05) is 30.3 Å². The lowest BCUT2D eigenvalue weighted by Crippen LogP contribution is -2.46. The number of ether oxygens (including phenoxy) is 1. The van der Waals surface area contributed by atoms with Crippen LogP contribution in [0.25, 0.3) is 11.0 Å². The standard InChI is InChI=1S/C30H34N6O3/c1-34-13-16-36(17-14-34)18-15-35(2)24-11-9-23(10-12-24)32-27(21-7-5-4-6-8-21)26-28-25(33-29(26)37)19-22(20-31-28)30(38)39-3/h4-12,19-20,33,37H,13-18H2,1-3H3. The number of methoxy groups -OCH3 is 1. The molecule has 0 amide bonds. The topological polar surface area (TPSA) is 97.3 Å². The van der Waals surface area contributed by atoms with Crippen molar-refractivity contribution in [3.63, 3.8) is 0 Å². The van der Waals surface area contributed by atoms with E-state index >= 15 is 0 Å². The highest BCUT2D eigenvalue weighted by molar-refractivity contribution is 6.21. The first kappa shape index (κ1) is 26.4. The summed E-state index contributed by atoms with van der Waals surface area (Å²) in [5.41, 5.74) is 5.09. The van der Waals surface area contributed by atoms with E-state index in [9.17, 15) is 9.90 Å². The molecule has 0 saturated carbocycles. The predicted octanol–water partition coefficient (Wildman–Crippen LogP) is 3.91. The molecule has 9 nitrogen and oxygen atoms in total. The molecule has 4 aromatic rings. The molecule has 39 heavy (non-hydrogen) atoms. The molecule has 0 atom stereocenters. The maximum Gasteiger partial charge on any atom is 0.339 e. The summed E-state index contributed by atoms with van der Waals surface area (Å²) < 4.78 is 4.81. The third kappa shape index (κ3) is 5.94. The molecule has 5 rings (SSSR count). The van der Waals surface area contributed by atoms with Gasteiger partial charge in [0, 0.05) is 63.8 Å². The lowest BCUT2D eigenvalue weighted by molar-refractivity contribution is 0.0600. The van der Waals surface area contributed by atoms with Gasteiger partial charge < -0.3 is 24.6 Å². The van der Waals surface area contributed by atoms with Crippen LogP contribution in [0.3, 0.4) is 0 Å². The number of aromatic amines is 1. The van der Waals surface area contributed by atoms with Crippen molar-refractivity contribution in [1.82, 2.24) is 19.8 Å². The highest BCUT2D eigenvalue weighted by Gasteiger charge is 2.21. The van der Waals surface area contributed by atoms with Crippen LogP contribution in [0, 0.1) is 0 Å². The number of benzene rings is 2. The molecule has 202 valence electrons. The molecule has 0 bridgehead atoms. The maximum absolute atomic E-state index is 12.0. The zero-order chi connectivity index (χ0) is 27.4. The maximum atomic E-state index is 12.0. The first-order chi connectivity index (χ1) is 18.9. The zero-order valence-corrected chi connectivity index (χ0v) is 22.6. The highest BCUT2D eigenvalue weighted by atomic mass is 16.5. The lowest BCUT2D eigenvalue weighted by atomic mass is 10.0. The molecular weight excluding hydrogens is 492 g/mol. The van der Waals surface area contributed by atoms with E-state index in [4.69, 9.17) is 9.73 Å². The van der Waals surface area contributed by atoms with E-state index in [-0.39, 0.29) is 5.88 Å². The quantitative estimate of drug-likeness (QED) is 0.265. The van der Waals surface area contributed by atoms with E-state index < -0.39 is 5.97 Å². The Morgan fingerprint density at radius 1 is 1.08 bits per heavy atom. The molecule has 0 aliphatic carbocycles. The monoisotopic (exact) mass is 526 g/mol. The zero-order valence-electron chi connectivity index (χ0n) is 22.6. The van der Waals surface area contributed by atoms with E-state index in [1.807, 2.05) is 42.5 Å². The van der Waals surface area contributed by atoms with Gasteiger partial charge in [0.2, 0.25) is 5.88 Å². The molecular formula is C30H34N6O3. The summed E-state index contributed by atoms with van der Waals surface area (Å²) in [4.78, 5) is 31.5. The second kappa shape index (κ2) is 11.7. The highest BCUT2D eigenvalue weighted by Crippen LogP contribution is 2.31. The molecule has 9 heteroatoms. The van der Waals surface area contributed by atoms with Gasteiger partial charge in [-0.15, -0.1) is 0 Å². The van der Waals surface area contributed by atoms with Crippen molar-refractivity contribution in [3.05, 3.63) is 83.6 Å². The van der Waals surface area contributed by atoms with Crippen LogP contribution in [-0.2, 0) is 4.74 Å². The number of aliphatic imine (C=N–C) groups is 1. The average Bonchev–Trinajstić information content (AvgIpc) is 3.30. The SMILES string of the molecule is COC(=O)c1cnc2c(C(=Nc3ccc(N(C)CCN4CCN(C)CC4)cc3)c3ccccc3)c(O)[nH]c2c1. The molecule has 2 aromatic heterocycles. The molecule has 0 spiro atoms. The van der Waals surface area contributed by atoms with Crippen LogP contribution in [0.15, 0.2) is 71.9 Å². The van der Waals surface area contributed by atoms with Gasteiger partial charge in [0.25, 0.3) is 0 Å². The van der Waals surface area contributed by atoms with E-state index in [1.54, 1.807) is 6.07 Å². The summed E-state index contributed by atoms with van der Waals surface area (Å²) in [7, 11) is 5.61. The molecule has 2 N–H and O–H groups in total. The van der Waals surface area contributed by atoms with E-state index in [0.29, 0.717) is 27.9 Å². The number of nitrogens with one attached hydrogen (secondary N) is 1. The summed E-state index contributed by atoms with van der Waals surface area (Å²) >= 11 is 0. The summed E-state index contributed by atoms with van der Waals surface area (Å²) in [6, 6.07) is 19.4. The molecule has 0 unspecified atom stereocenters. The van der Waals surface area contributed by atoms with Gasteiger partial charge >= 0.3 is 5.97 Å². The number of anilines is 1. The first-order valence-corrected chi connectivity index (χ1v) is 13.1. The van der Waals surface area contributed by atoms with Gasteiger partial charge in [0.05, 0.1) is 35.2 Å². The van der Waals surface area contributed by atoms with Crippen LogP contribution in [0.1, 0.15) is 21.5 Å². The fraction of sp³-hybridized carbons (Fsp3) is 0.300. The summed E-state index contributed by atoms with van der Waals surface area (Å²) in [6.45, 7) is 6.44. The molecule has 0 radical (unpaired) electrons. The lowest BCUT2D eigenvalue weighted by Gasteiger charge is -2.33. The Labute approximate surface area is 228 Å². The van der Waals surface area contributed by atoms with Crippen molar-refractivity contribution < 1.29 is 14.6 Å². The number of fused-ring (bicyclic) bond motifs is 1. The Hall–Kier alpha value is -4.21. The van der Waals surface area contributed by atoms with Crippen LogP contribution < -0.4 is 4.90 Å². The van der Waals surface area contributed by atoms with Crippen LogP contribution in [0.2, 0.25) is 0 Å². The molecule has 1 saturated heterocycles. The molecule has 1 aliphatic heterocycles. The van der Waals surface area contributed by atoms with Crippen molar-refractivity contribution in [1.29, 1.82) is 0 Å². The van der Waals surface area contributed by atoms with Gasteiger partial charge in [0.15, 0.2) is 0 Å². The number of rotatable bonds is 8. The second-order valence-electron chi connectivity index (χ2n) is 9.87. The molecule has 3 heterocycles. The first-order valence-electron chi connectivity index (χ1n) is 13.1. The van der Waals surface area contributed by atoms with Crippen LogP contribution >= 0.6 is 0 Å². The number of hydrogen-bond donors (Lipinski definition) is 2.